The molecule has 5 nitrogen and oxygen atoms in total. The number of piperidine rings is 1. The molecule has 31 heavy (non-hydrogen) atoms. The van der Waals surface area contributed by atoms with Crippen LogP contribution in [-0.4, -0.2) is 48.6 Å². The summed E-state index contributed by atoms with van der Waals surface area (Å²) in [4.78, 5) is 31.7. The van der Waals surface area contributed by atoms with Crippen molar-refractivity contribution < 1.29 is 9.59 Å². The highest BCUT2D eigenvalue weighted by Crippen LogP contribution is 2.39. The summed E-state index contributed by atoms with van der Waals surface area (Å²) in [5.41, 5.74) is 6.20. The zero-order valence-corrected chi connectivity index (χ0v) is 19.7. The molecule has 1 fully saturated rings. The third kappa shape index (κ3) is 4.23. The lowest BCUT2D eigenvalue weighted by Crippen LogP contribution is -2.43. The van der Waals surface area contributed by atoms with Crippen LogP contribution in [0.15, 0.2) is 28.3 Å². The van der Waals surface area contributed by atoms with E-state index in [-0.39, 0.29) is 11.8 Å². The van der Waals surface area contributed by atoms with Gasteiger partial charge in [-0.25, -0.2) is 4.99 Å². The Hall–Kier alpha value is -1.95. The van der Waals surface area contributed by atoms with Gasteiger partial charge in [0.1, 0.15) is 0 Å². The minimum Gasteiger partial charge on any atom is -0.337 e. The van der Waals surface area contributed by atoms with Crippen LogP contribution in [0.4, 0.5) is 0 Å². The van der Waals surface area contributed by atoms with Crippen LogP contribution in [0.1, 0.15) is 55.1 Å². The molecule has 1 aromatic carbocycles. The molecule has 3 heterocycles. The second-order valence-electron chi connectivity index (χ2n) is 8.59. The predicted molar refractivity (Wildman–Crippen MR) is 126 cm³/mol. The number of fused-ring (bicyclic) bond motifs is 1. The maximum Gasteiger partial charge on any atom is 0.255 e. The Balaban J connectivity index is 1.67. The summed E-state index contributed by atoms with van der Waals surface area (Å²) in [5.74, 6) is -0.768. The fourth-order valence-corrected chi connectivity index (χ4v) is 5.42. The monoisotopic (exact) mass is 459 g/mol. The van der Waals surface area contributed by atoms with E-state index in [1.165, 1.54) is 5.57 Å². The number of dihydropyridines is 1. The van der Waals surface area contributed by atoms with Gasteiger partial charge in [0.25, 0.3) is 11.8 Å². The van der Waals surface area contributed by atoms with Crippen molar-refractivity contribution in [2.75, 3.05) is 26.2 Å². The summed E-state index contributed by atoms with van der Waals surface area (Å²) in [6, 6.07) is 1.91. The van der Waals surface area contributed by atoms with Gasteiger partial charge in [-0.3, -0.25) is 9.59 Å². The van der Waals surface area contributed by atoms with Crippen molar-refractivity contribution in [2.24, 2.45) is 10.9 Å². The van der Waals surface area contributed by atoms with Gasteiger partial charge in [-0.2, -0.15) is 0 Å². The number of hydrogen-bond donors (Lipinski definition) is 1. The SMILES string of the molecule is CC1=CC(C)=NC(=O)C1CN1CCc2c(Cl)cc(C(C)=C3CCNCC3)c(Cl)c2C1=O. The summed E-state index contributed by atoms with van der Waals surface area (Å²) >= 11 is 13.5. The van der Waals surface area contributed by atoms with Crippen molar-refractivity contribution in [2.45, 2.75) is 40.0 Å². The molecule has 2 amide bonds. The van der Waals surface area contributed by atoms with Crippen molar-refractivity contribution in [3.63, 3.8) is 0 Å². The zero-order chi connectivity index (χ0) is 22.3. The Morgan fingerprint density at radius 3 is 2.58 bits per heavy atom. The molecule has 1 N–H and O–H groups in total. The van der Waals surface area contributed by atoms with Crippen molar-refractivity contribution in [3.8, 4) is 0 Å². The number of rotatable bonds is 3. The molecule has 1 saturated heterocycles. The molecule has 0 bridgehead atoms. The van der Waals surface area contributed by atoms with Crippen molar-refractivity contribution in [1.82, 2.24) is 10.2 Å². The first kappa shape index (κ1) is 22.3. The van der Waals surface area contributed by atoms with Gasteiger partial charge in [0.2, 0.25) is 0 Å². The summed E-state index contributed by atoms with van der Waals surface area (Å²) in [5, 5.41) is 4.41. The number of allylic oxidation sites excluding steroid dienone is 2. The van der Waals surface area contributed by atoms with Crippen LogP contribution < -0.4 is 5.32 Å². The van der Waals surface area contributed by atoms with E-state index in [9.17, 15) is 9.59 Å². The highest BCUT2D eigenvalue weighted by molar-refractivity contribution is 6.38. The van der Waals surface area contributed by atoms with Gasteiger partial charge in [-0.05, 0) is 82.0 Å². The normalized spacial score (nSPS) is 21.6. The first-order valence-corrected chi connectivity index (χ1v) is 11.5. The third-order valence-electron chi connectivity index (χ3n) is 6.57. The van der Waals surface area contributed by atoms with E-state index in [0.29, 0.717) is 40.8 Å². The second-order valence-corrected chi connectivity index (χ2v) is 9.37. The Kier molecular flexibility index (Phi) is 6.38. The summed E-state index contributed by atoms with van der Waals surface area (Å²) in [6.07, 6.45) is 4.45. The lowest BCUT2D eigenvalue weighted by Gasteiger charge is -2.33. The maximum atomic E-state index is 13.5. The first-order chi connectivity index (χ1) is 14.8. The van der Waals surface area contributed by atoms with Gasteiger partial charge >= 0.3 is 0 Å². The summed E-state index contributed by atoms with van der Waals surface area (Å²) < 4.78 is 0. The van der Waals surface area contributed by atoms with Crippen LogP contribution in [0, 0.1) is 5.92 Å². The Morgan fingerprint density at radius 1 is 1.19 bits per heavy atom. The van der Waals surface area contributed by atoms with Crippen LogP contribution in [0.5, 0.6) is 0 Å². The number of aliphatic imine (C=N–C) groups is 1. The van der Waals surface area contributed by atoms with E-state index in [4.69, 9.17) is 23.2 Å². The van der Waals surface area contributed by atoms with E-state index in [2.05, 4.69) is 17.2 Å². The Morgan fingerprint density at radius 2 is 1.90 bits per heavy atom. The number of hydrogen-bond acceptors (Lipinski definition) is 3. The standard InChI is InChI=1S/C24H27Cl2N3O2/c1-13-10-14(2)28-23(30)19(13)12-29-9-6-17-20(25)11-18(22(26)21(17)24(29)31)15(3)16-4-7-27-8-5-16/h10-11,19,27H,4-9,12H2,1-3H3. The second kappa shape index (κ2) is 8.89. The quantitative estimate of drug-likeness (QED) is 0.711. The minimum atomic E-state index is -0.412. The number of carbonyl (C=O) groups is 2. The number of halogens is 2. The number of nitrogens with zero attached hydrogens (tertiary/aromatic N) is 2. The largest absolute Gasteiger partial charge is 0.337 e. The van der Waals surface area contributed by atoms with Gasteiger partial charge in [0.05, 0.1) is 16.5 Å². The smallest absolute Gasteiger partial charge is 0.255 e. The Bertz CT molecular complexity index is 1050. The molecule has 7 heteroatoms. The highest BCUT2D eigenvalue weighted by Gasteiger charge is 2.34. The van der Waals surface area contributed by atoms with Crippen molar-refractivity contribution in [1.29, 1.82) is 0 Å². The summed E-state index contributed by atoms with van der Waals surface area (Å²) in [7, 11) is 0. The molecule has 0 saturated carbocycles. The predicted octanol–water partition coefficient (Wildman–Crippen LogP) is 4.71. The minimum absolute atomic E-state index is 0.162. The van der Waals surface area contributed by atoms with Crippen LogP contribution in [0.25, 0.3) is 5.57 Å². The molecule has 0 radical (unpaired) electrons. The van der Waals surface area contributed by atoms with E-state index >= 15 is 0 Å². The summed E-state index contributed by atoms with van der Waals surface area (Å²) in [6.45, 7) is 8.49. The van der Waals surface area contributed by atoms with Gasteiger partial charge < -0.3 is 10.2 Å². The molecule has 1 aromatic rings. The van der Waals surface area contributed by atoms with Crippen LogP contribution in [0.2, 0.25) is 10.0 Å². The molecule has 1 unspecified atom stereocenters. The average Bonchev–Trinajstić information content (AvgIpc) is 2.74. The van der Waals surface area contributed by atoms with Crippen LogP contribution in [0.3, 0.4) is 0 Å². The molecule has 0 aromatic heterocycles. The fraction of sp³-hybridized carbons (Fsp3) is 0.458. The molecule has 4 rings (SSSR count). The molecule has 164 valence electrons. The van der Waals surface area contributed by atoms with E-state index < -0.39 is 5.92 Å². The molecule has 3 aliphatic rings. The van der Waals surface area contributed by atoms with Gasteiger partial charge in [-0.1, -0.05) is 34.3 Å². The van der Waals surface area contributed by atoms with Gasteiger partial charge in [-0.15, -0.1) is 0 Å². The number of nitrogens with one attached hydrogen (secondary N) is 1. The number of amides is 2. The topological polar surface area (TPSA) is 61.8 Å². The van der Waals surface area contributed by atoms with Crippen molar-refractivity contribution >= 4 is 46.3 Å². The lowest BCUT2D eigenvalue weighted by atomic mass is 9.89. The van der Waals surface area contributed by atoms with E-state index in [1.807, 2.05) is 26.0 Å². The Labute approximate surface area is 193 Å². The fourth-order valence-electron chi connectivity index (χ4n) is 4.73. The molecule has 0 spiro atoms. The maximum absolute atomic E-state index is 13.5. The van der Waals surface area contributed by atoms with Gasteiger partial charge in [0, 0.05) is 23.8 Å². The van der Waals surface area contributed by atoms with Crippen LogP contribution in [-0.2, 0) is 11.2 Å². The molecule has 3 aliphatic heterocycles. The first-order valence-electron chi connectivity index (χ1n) is 10.7. The van der Waals surface area contributed by atoms with Gasteiger partial charge in [0.15, 0.2) is 0 Å². The molecule has 1 atom stereocenters. The molecular formula is C24H27Cl2N3O2. The van der Waals surface area contributed by atoms with Crippen molar-refractivity contribution in [3.05, 3.63) is 50.0 Å². The van der Waals surface area contributed by atoms with E-state index in [1.54, 1.807) is 4.90 Å². The van der Waals surface area contributed by atoms with Crippen LogP contribution >= 0.6 is 23.2 Å². The lowest BCUT2D eigenvalue weighted by molar-refractivity contribution is -0.120. The zero-order valence-electron chi connectivity index (χ0n) is 18.1. The number of benzene rings is 1. The van der Waals surface area contributed by atoms with E-state index in [0.717, 1.165) is 48.2 Å². The molecular weight excluding hydrogens is 433 g/mol. The third-order valence-corrected chi connectivity index (χ3v) is 7.29. The number of carbonyl (C=O) groups excluding carboxylic acids is 2. The average molecular weight is 460 g/mol. The molecule has 0 aliphatic carbocycles. The highest BCUT2D eigenvalue weighted by atomic mass is 35.5.